The van der Waals surface area contributed by atoms with E-state index in [1.807, 2.05) is 0 Å². The topological polar surface area (TPSA) is 46.4 Å². The summed E-state index contributed by atoms with van der Waals surface area (Å²) in [5.74, 6) is 0. The van der Waals surface area contributed by atoms with Crippen LogP contribution in [0.4, 0.5) is 0 Å². The molecule has 0 radical (unpaired) electrons. The lowest BCUT2D eigenvalue weighted by Crippen LogP contribution is -2.44. The highest BCUT2D eigenvalue weighted by Crippen LogP contribution is 2.10. The van der Waals surface area contributed by atoms with E-state index in [1.165, 1.54) is 0 Å². The van der Waals surface area contributed by atoms with Gasteiger partial charge in [-0.15, -0.1) is 0 Å². The molecule has 4 nitrogen and oxygen atoms in total. The van der Waals surface area contributed by atoms with Crippen molar-refractivity contribution in [2.24, 2.45) is 0 Å². The van der Waals surface area contributed by atoms with E-state index in [4.69, 9.17) is 0 Å². The van der Waals surface area contributed by atoms with Gasteiger partial charge in [-0.25, -0.2) is 0 Å². The fraction of sp³-hybridized carbons (Fsp3) is 1.00. The van der Waals surface area contributed by atoms with Gasteiger partial charge in [0.05, 0.1) is 6.54 Å². The van der Waals surface area contributed by atoms with Crippen LogP contribution in [-0.2, 0) is 0 Å². The Hall–Kier alpha value is -0.640. The summed E-state index contributed by atoms with van der Waals surface area (Å²) in [4.78, 5) is 12.7. The Bertz CT molecular complexity index is 175. The molecule has 84 valence electrons. The lowest BCUT2D eigenvalue weighted by atomic mass is 10.1. The van der Waals surface area contributed by atoms with E-state index in [-0.39, 0.29) is 4.92 Å². The minimum atomic E-state index is -0.829. The molecule has 0 aliphatic rings. The smallest absolute Gasteiger partial charge is 0.229 e. The van der Waals surface area contributed by atoms with Crippen LogP contribution in [-0.4, -0.2) is 35.0 Å². The minimum absolute atomic E-state index is 0.189. The molecule has 0 unspecified atom stereocenters. The van der Waals surface area contributed by atoms with Crippen molar-refractivity contribution in [1.29, 1.82) is 0 Å². The van der Waals surface area contributed by atoms with Crippen molar-refractivity contribution in [1.82, 2.24) is 4.90 Å². The molecule has 0 fully saturated rings. The zero-order valence-electron chi connectivity index (χ0n) is 9.75. The standard InChI is InChI=1S/C10H22N2O2/c1-5-7-11(8-6-2)9-10(3,4)12(13)14/h5-9H2,1-4H3. The maximum atomic E-state index is 10.7. The van der Waals surface area contributed by atoms with Crippen molar-refractivity contribution in [2.45, 2.75) is 46.1 Å². The van der Waals surface area contributed by atoms with E-state index in [9.17, 15) is 10.1 Å². The lowest BCUT2D eigenvalue weighted by molar-refractivity contribution is -0.560. The van der Waals surface area contributed by atoms with Crippen LogP contribution < -0.4 is 0 Å². The maximum Gasteiger partial charge on any atom is 0.229 e. The molecule has 0 rings (SSSR count). The third-order valence-corrected chi connectivity index (χ3v) is 2.18. The zero-order chi connectivity index (χ0) is 11.2. The average molecular weight is 202 g/mol. The number of hydrogen-bond acceptors (Lipinski definition) is 3. The van der Waals surface area contributed by atoms with Crippen LogP contribution >= 0.6 is 0 Å². The molecule has 0 bridgehead atoms. The van der Waals surface area contributed by atoms with Crippen molar-refractivity contribution in [3.8, 4) is 0 Å². The molecule has 0 aromatic heterocycles. The summed E-state index contributed by atoms with van der Waals surface area (Å²) in [7, 11) is 0. The Labute approximate surface area is 86.4 Å². The molecule has 0 N–H and O–H groups in total. The average Bonchev–Trinajstić information content (AvgIpc) is 2.04. The molecule has 0 atom stereocenters. The number of nitrogens with zero attached hydrogens (tertiary/aromatic N) is 2. The van der Waals surface area contributed by atoms with Crippen molar-refractivity contribution in [2.75, 3.05) is 19.6 Å². The monoisotopic (exact) mass is 202 g/mol. The van der Waals surface area contributed by atoms with E-state index >= 15 is 0 Å². The molecular weight excluding hydrogens is 180 g/mol. The Kier molecular flexibility index (Phi) is 5.69. The van der Waals surface area contributed by atoms with Crippen LogP contribution in [0.1, 0.15) is 40.5 Å². The molecule has 0 spiro atoms. The molecule has 0 aliphatic carbocycles. The molecule has 14 heavy (non-hydrogen) atoms. The normalized spacial score (nSPS) is 12.1. The highest BCUT2D eigenvalue weighted by Gasteiger charge is 2.32. The number of rotatable bonds is 7. The van der Waals surface area contributed by atoms with Gasteiger partial charge >= 0.3 is 0 Å². The van der Waals surface area contributed by atoms with Crippen molar-refractivity contribution < 1.29 is 4.92 Å². The minimum Gasteiger partial charge on any atom is -0.297 e. The summed E-state index contributed by atoms with van der Waals surface area (Å²) >= 11 is 0. The molecule has 0 saturated carbocycles. The highest BCUT2D eigenvalue weighted by molar-refractivity contribution is 4.72. The third kappa shape index (κ3) is 4.56. The van der Waals surface area contributed by atoms with Gasteiger partial charge in [0.25, 0.3) is 0 Å². The second-order valence-corrected chi connectivity index (χ2v) is 4.35. The Morgan fingerprint density at radius 3 is 1.93 bits per heavy atom. The van der Waals surface area contributed by atoms with Crippen LogP contribution in [0, 0.1) is 10.1 Å². The molecule has 0 saturated heterocycles. The summed E-state index contributed by atoms with van der Waals surface area (Å²) in [5, 5.41) is 10.7. The SMILES string of the molecule is CCCN(CCC)CC(C)(C)[N+](=O)[O-]. The van der Waals surface area contributed by atoms with Gasteiger partial charge in [-0.05, 0) is 25.9 Å². The number of nitro groups is 1. The molecule has 4 heteroatoms. The van der Waals surface area contributed by atoms with Crippen LogP contribution in [0.3, 0.4) is 0 Å². The molecule has 0 aromatic carbocycles. The van der Waals surface area contributed by atoms with Gasteiger partial charge in [0.1, 0.15) is 0 Å². The fourth-order valence-corrected chi connectivity index (χ4v) is 1.51. The largest absolute Gasteiger partial charge is 0.297 e. The van der Waals surface area contributed by atoms with E-state index < -0.39 is 5.54 Å². The van der Waals surface area contributed by atoms with Crippen LogP contribution in [0.2, 0.25) is 0 Å². The van der Waals surface area contributed by atoms with Crippen molar-refractivity contribution in [3.05, 3.63) is 10.1 Å². The summed E-state index contributed by atoms with van der Waals surface area (Å²) in [5.41, 5.74) is -0.829. The molecule has 0 heterocycles. The summed E-state index contributed by atoms with van der Waals surface area (Å²) in [6.45, 7) is 10.0. The van der Waals surface area contributed by atoms with E-state index in [1.54, 1.807) is 13.8 Å². The number of hydrogen-bond donors (Lipinski definition) is 0. The molecule has 0 amide bonds. The Morgan fingerprint density at radius 1 is 1.21 bits per heavy atom. The second kappa shape index (κ2) is 5.96. The summed E-state index contributed by atoms with van der Waals surface area (Å²) < 4.78 is 0. The predicted molar refractivity (Wildman–Crippen MR) is 58.1 cm³/mol. The lowest BCUT2D eigenvalue weighted by Gasteiger charge is -2.26. The van der Waals surface area contributed by atoms with Gasteiger partial charge in [-0.2, -0.15) is 0 Å². The highest BCUT2D eigenvalue weighted by atomic mass is 16.6. The quantitative estimate of drug-likeness (QED) is 0.469. The van der Waals surface area contributed by atoms with Crippen LogP contribution in [0.5, 0.6) is 0 Å². The second-order valence-electron chi connectivity index (χ2n) is 4.35. The van der Waals surface area contributed by atoms with E-state index in [0.717, 1.165) is 25.9 Å². The first-order valence-electron chi connectivity index (χ1n) is 5.31. The van der Waals surface area contributed by atoms with Gasteiger partial charge in [-0.1, -0.05) is 13.8 Å². The maximum absolute atomic E-state index is 10.7. The summed E-state index contributed by atoms with van der Waals surface area (Å²) in [6, 6.07) is 0. The van der Waals surface area contributed by atoms with Gasteiger partial charge in [0.15, 0.2) is 0 Å². The van der Waals surface area contributed by atoms with Gasteiger partial charge in [0, 0.05) is 18.8 Å². The van der Waals surface area contributed by atoms with E-state index in [0.29, 0.717) is 6.54 Å². The van der Waals surface area contributed by atoms with Crippen LogP contribution in [0.15, 0.2) is 0 Å². The Balaban J connectivity index is 4.19. The van der Waals surface area contributed by atoms with E-state index in [2.05, 4.69) is 18.7 Å². The first-order chi connectivity index (χ1) is 6.44. The molecule has 0 aromatic rings. The van der Waals surface area contributed by atoms with Gasteiger partial charge in [0.2, 0.25) is 5.54 Å². The molecular formula is C10H22N2O2. The summed E-state index contributed by atoms with van der Waals surface area (Å²) in [6.07, 6.45) is 2.10. The van der Waals surface area contributed by atoms with Crippen molar-refractivity contribution in [3.63, 3.8) is 0 Å². The first kappa shape index (κ1) is 13.4. The predicted octanol–water partition coefficient (Wildman–Crippen LogP) is 2.16. The van der Waals surface area contributed by atoms with Crippen LogP contribution in [0.25, 0.3) is 0 Å². The molecule has 0 aliphatic heterocycles. The fourth-order valence-electron chi connectivity index (χ4n) is 1.51. The first-order valence-corrected chi connectivity index (χ1v) is 5.31. The third-order valence-electron chi connectivity index (χ3n) is 2.18. The zero-order valence-corrected chi connectivity index (χ0v) is 9.75. The van der Waals surface area contributed by atoms with Crippen molar-refractivity contribution >= 4 is 0 Å². The Morgan fingerprint density at radius 2 is 1.64 bits per heavy atom. The van der Waals surface area contributed by atoms with Gasteiger partial charge < -0.3 is 0 Å². The van der Waals surface area contributed by atoms with Gasteiger partial charge in [-0.3, -0.25) is 15.0 Å².